The summed E-state index contributed by atoms with van der Waals surface area (Å²) in [5.74, 6) is 0.509. The second-order valence-electron chi connectivity index (χ2n) is 5.55. The summed E-state index contributed by atoms with van der Waals surface area (Å²) in [5, 5.41) is 0.330. The zero-order valence-electron chi connectivity index (χ0n) is 11.7. The summed E-state index contributed by atoms with van der Waals surface area (Å²) in [6.45, 7) is 5.61. The van der Waals surface area contributed by atoms with E-state index in [9.17, 15) is 4.79 Å². The molecule has 106 valence electrons. The van der Waals surface area contributed by atoms with Gasteiger partial charge in [0.05, 0.1) is 5.69 Å². The first-order chi connectivity index (χ1) is 9.38. The van der Waals surface area contributed by atoms with Gasteiger partial charge in [-0.3, -0.25) is 4.79 Å². The standard InChI is InChI=1S/C15H17ClN2O2/c1-15(2,3)14(19)13(11-5-4-7-17-11)20-10-6-8-18-12(16)9-10/h4-9,13,17H,1-3H3. The van der Waals surface area contributed by atoms with Crippen LogP contribution in [0.3, 0.4) is 0 Å². The highest BCUT2D eigenvalue weighted by molar-refractivity contribution is 6.29. The number of pyridine rings is 1. The van der Waals surface area contributed by atoms with Crippen molar-refractivity contribution in [2.24, 2.45) is 5.41 Å². The van der Waals surface area contributed by atoms with E-state index in [0.29, 0.717) is 10.9 Å². The Kier molecular flexibility index (Phi) is 4.14. The van der Waals surface area contributed by atoms with Crippen LogP contribution in [-0.4, -0.2) is 15.8 Å². The predicted molar refractivity (Wildman–Crippen MR) is 77.9 cm³/mol. The molecule has 0 aliphatic rings. The van der Waals surface area contributed by atoms with E-state index in [4.69, 9.17) is 16.3 Å². The van der Waals surface area contributed by atoms with E-state index in [1.807, 2.05) is 32.9 Å². The number of nitrogens with one attached hydrogen (secondary N) is 1. The molecule has 2 rings (SSSR count). The topological polar surface area (TPSA) is 55.0 Å². The van der Waals surface area contributed by atoms with Crippen molar-refractivity contribution in [2.45, 2.75) is 26.9 Å². The molecule has 0 fully saturated rings. The molecule has 0 aliphatic heterocycles. The zero-order valence-corrected chi connectivity index (χ0v) is 12.4. The van der Waals surface area contributed by atoms with Gasteiger partial charge >= 0.3 is 0 Å². The number of hydrogen-bond donors (Lipinski definition) is 1. The van der Waals surface area contributed by atoms with Crippen LogP contribution in [0, 0.1) is 5.41 Å². The molecule has 0 aliphatic carbocycles. The average Bonchev–Trinajstić information content (AvgIpc) is 2.87. The highest BCUT2D eigenvalue weighted by Crippen LogP contribution is 2.29. The second kappa shape index (κ2) is 5.67. The molecule has 1 N–H and O–H groups in total. The smallest absolute Gasteiger partial charge is 0.197 e. The SMILES string of the molecule is CC(C)(C)C(=O)C(Oc1ccnc(Cl)c1)c1ccc[nH]1. The quantitative estimate of drug-likeness (QED) is 0.872. The predicted octanol–water partition coefficient (Wildman–Crippen LogP) is 3.80. The molecule has 5 heteroatoms. The van der Waals surface area contributed by atoms with Crippen LogP contribution in [0.5, 0.6) is 5.75 Å². The van der Waals surface area contributed by atoms with E-state index in [0.717, 1.165) is 5.69 Å². The fraction of sp³-hybridized carbons (Fsp3) is 0.333. The first kappa shape index (κ1) is 14.6. The molecular weight excluding hydrogens is 276 g/mol. The average molecular weight is 293 g/mol. The minimum atomic E-state index is -0.691. The largest absolute Gasteiger partial charge is 0.476 e. The molecule has 0 amide bonds. The van der Waals surface area contributed by atoms with Crippen LogP contribution < -0.4 is 4.74 Å². The molecule has 4 nitrogen and oxygen atoms in total. The number of H-pyrrole nitrogens is 1. The Bertz CT molecular complexity index is 588. The van der Waals surface area contributed by atoms with E-state index in [1.165, 1.54) is 0 Å². The molecule has 0 saturated carbocycles. The van der Waals surface area contributed by atoms with Crippen molar-refractivity contribution in [3.63, 3.8) is 0 Å². The van der Waals surface area contributed by atoms with Crippen molar-refractivity contribution in [1.29, 1.82) is 0 Å². The van der Waals surface area contributed by atoms with Crippen LogP contribution in [0.15, 0.2) is 36.7 Å². The lowest BCUT2D eigenvalue weighted by Gasteiger charge is -2.24. The van der Waals surface area contributed by atoms with E-state index < -0.39 is 11.5 Å². The van der Waals surface area contributed by atoms with E-state index in [2.05, 4.69) is 9.97 Å². The van der Waals surface area contributed by atoms with Crippen LogP contribution in [-0.2, 0) is 4.79 Å². The molecule has 0 aromatic carbocycles. The lowest BCUT2D eigenvalue weighted by Crippen LogP contribution is -2.30. The van der Waals surface area contributed by atoms with Crippen molar-refractivity contribution in [2.75, 3.05) is 0 Å². The van der Waals surface area contributed by atoms with Gasteiger partial charge in [-0.15, -0.1) is 0 Å². The number of carbonyl (C=O) groups excluding carboxylic acids is 1. The Hall–Kier alpha value is -1.81. The summed E-state index contributed by atoms with van der Waals surface area (Å²) in [7, 11) is 0. The number of ether oxygens (including phenoxy) is 1. The Balaban J connectivity index is 2.31. The fourth-order valence-electron chi connectivity index (χ4n) is 1.75. The molecule has 1 unspecified atom stereocenters. The summed E-state index contributed by atoms with van der Waals surface area (Å²) in [5.41, 5.74) is 0.213. The number of rotatable bonds is 4. The number of hydrogen-bond acceptors (Lipinski definition) is 3. The lowest BCUT2D eigenvalue weighted by molar-refractivity contribution is -0.134. The minimum Gasteiger partial charge on any atom is -0.476 e. The summed E-state index contributed by atoms with van der Waals surface area (Å²) >= 11 is 5.84. The van der Waals surface area contributed by atoms with E-state index in [-0.39, 0.29) is 5.78 Å². The maximum Gasteiger partial charge on any atom is 0.197 e. The molecule has 1 atom stereocenters. The van der Waals surface area contributed by atoms with Crippen LogP contribution in [0.2, 0.25) is 5.15 Å². The fourth-order valence-corrected chi connectivity index (χ4v) is 1.92. The number of nitrogens with zero attached hydrogens (tertiary/aromatic N) is 1. The molecule has 2 aromatic heterocycles. The normalized spacial score (nSPS) is 13.0. The molecule has 2 heterocycles. The molecule has 0 saturated heterocycles. The van der Waals surface area contributed by atoms with Gasteiger partial charge in [0, 0.05) is 23.9 Å². The molecular formula is C15H17ClN2O2. The van der Waals surface area contributed by atoms with Crippen molar-refractivity contribution in [1.82, 2.24) is 9.97 Å². The van der Waals surface area contributed by atoms with Crippen LogP contribution in [0.25, 0.3) is 0 Å². The van der Waals surface area contributed by atoms with Gasteiger partial charge in [0.1, 0.15) is 10.9 Å². The minimum absolute atomic E-state index is 0.00659. The van der Waals surface area contributed by atoms with Gasteiger partial charge in [-0.05, 0) is 18.2 Å². The number of ketones is 1. The Morgan fingerprint density at radius 3 is 2.70 bits per heavy atom. The van der Waals surface area contributed by atoms with Crippen LogP contribution >= 0.6 is 11.6 Å². The second-order valence-corrected chi connectivity index (χ2v) is 5.94. The first-order valence-corrected chi connectivity index (χ1v) is 6.71. The number of aromatic nitrogens is 2. The zero-order chi connectivity index (χ0) is 14.8. The number of aromatic amines is 1. The summed E-state index contributed by atoms with van der Waals surface area (Å²) in [6.07, 6.45) is 2.62. The van der Waals surface area contributed by atoms with Crippen molar-refractivity contribution >= 4 is 17.4 Å². The maximum absolute atomic E-state index is 12.6. The molecule has 2 aromatic rings. The number of halogens is 1. The Morgan fingerprint density at radius 1 is 1.40 bits per heavy atom. The Labute approximate surface area is 123 Å². The third kappa shape index (κ3) is 3.39. The maximum atomic E-state index is 12.6. The van der Waals surface area contributed by atoms with Gasteiger partial charge in [-0.25, -0.2) is 4.98 Å². The first-order valence-electron chi connectivity index (χ1n) is 6.34. The summed E-state index contributed by atoms with van der Waals surface area (Å²) < 4.78 is 5.82. The van der Waals surface area contributed by atoms with Crippen molar-refractivity contribution in [3.8, 4) is 5.75 Å². The van der Waals surface area contributed by atoms with E-state index in [1.54, 1.807) is 24.5 Å². The highest BCUT2D eigenvalue weighted by atomic mass is 35.5. The summed E-state index contributed by atoms with van der Waals surface area (Å²) in [6, 6.07) is 6.93. The summed E-state index contributed by atoms with van der Waals surface area (Å²) in [4.78, 5) is 19.5. The molecule has 0 spiro atoms. The Morgan fingerprint density at radius 2 is 2.15 bits per heavy atom. The van der Waals surface area contributed by atoms with Crippen molar-refractivity contribution in [3.05, 3.63) is 47.5 Å². The number of carbonyl (C=O) groups is 1. The highest BCUT2D eigenvalue weighted by Gasteiger charge is 2.33. The van der Waals surface area contributed by atoms with Gasteiger partial charge in [-0.1, -0.05) is 32.4 Å². The third-order valence-corrected chi connectivity index (χ3v) is 3.04. The van der Waals surface area contributed by atoms with Crippen LogP contribution in [0.1, 0.15) is 32.6 Å². The lowest BCUT2D eigenvalue weighted by atomic mass is 9.86. The van der Waals surface area contributed by atoms with Gasteiger partial charge in [0.2, 0.25) is 0 Å². The van der Waals surface area contributed by atoms with Crippen LogP contribution in [0.4, 0.5) is 0 Å². The number of Topliss-reactive ketones (excluding diaryl/α,β-unsaturated/α-hetero) is 1. The third-order valence-electron chi connectivity index (χ3n) is 2.83. The monoisotopic (exact) mass is 292 g/mol. The van der Waals surface area contributed by atoms with Gasteiger partial charge in [0.25, 0.3) is 0 Å². The van der Waals surface area contributed by atoms with Gasteiger partial charge < -0.3 is 9.72 Å². The van der Waals surface area contributed by atoms with Gasteiger partial charge in [-0.2, -0.15) is 0 Å². The molecule has 20 heavy (non-hydrogen) atoms. The van der Waals surface area contributed by atoms with Crippen molar-refractivity contribution < 1.29 is 9.53 Å². The van der Waals surface area contributed by atoms with E-state index >= 15 is 0 Å². The molecule has 0 radical (unpaired) electrons. The molecule has 0 bridgehead atoms. The van der Waals surface area contributed by atoms with Gasteiger partial charge in [0.15, 0.2) is 11.9 Å².